The van der Waals surface area contributed by atoms with Gasteiger partial charge in [0.25, 0.3) is 6.47 Å². The van der Waals surface area contributed by atoms with E-state index in [1.807, 2.05) is 0 Å². The Balaban J connectivity index is 0.00000168. The van der Waals surface area contributed by atoms with Gasteiger partial charge in [-0.2, -0.15) is 4.73 Å². The Kier molecular flexibility index (Phi) is 13.2. The monoisotopic (exact) mass is 775 g/mol. The number of para-hydroxylation sites is 1. The highest BCUT2D eigenvalue weighted by atomic mass is 35.5. The van der Waals surface area contributed by atoms with Gasteiger partial charge in [0.1, 0.15) is 32.9 Å². The summed E-state index contributed by atoms with van der Waals surface area (Å²) in [6.45, 7) is 2.35. The smallest absolute Gasteiger partial charge is 0.415 e. The molecule has 1 N–H and O–H groups in total. The molecule has 5 heterocycles. The molecule has 52 heavy (non-hydrogen) atoms. The number of hydrogen-bond acceptors (Lipinski definition) is 10. The molecule has 0 unspecified atom stereocenters. The van der Waals surface area contributed by atoms with Crippen LogP contribution in [-0.2, 0) is 27.2 Å². The Bertz CT molecular complexity index is 1870. The summed E-state index contributed by atoms with van der Waals surface area (Å²) in [6, 6.07) is 12.7. The summed E-state index contributed by atoms with van der Waals surface area (Å²) < 4.78 is 38.4. The number of carbonyl (C=O) groups is 3. The first-order valence-corrected chi connectivity index (χ1v) is 17.8. The van der Waals surface area contributed by atoms with Gasteiger partial charge in [-0.15, -0.1) is 11.3 Å². The Morgan fingerprint density at radius 1 is 1.10 bits per heavy atom. The number of thiophene rings is 1. The number of hydrogen-bond donors (Lipinski definition) is 1. The highest BCUT2D eigenvalue weighted by Gasteiger charge is 2.38. The van der Waals surface area contributed by atoms with E-state index in [1.54, 1.807) is 41.8 Å². The third-order valence-corrected chi connectivity index (χ3v) is 10.5. The number of fused-ring (bicyclic) bond motifs is 3. The number of benzene rings is 2. The highest BCUT2D eigenvalue weighted by Crippen LogP contribution is 2.36. The molecule has 0 radical (unpaired) electrons. The number of amides is 1. The van der Waals surface area contributed by atoms with E-state index in [0.717, 1.165) is 37.3 Å². The van der Waals surface area contributed by atoms with Crippen molar-refractivity contribution in [3.05, 3.63) is 109 Å². The minimum atomic E-state index is -0.901. The number of pyridine rings is 1. The summed E-state index contributed by atoms with van der Waals surface area (Å²) >= 11 is 13.9. The molecule has 0 aliphatic carbocycles. The van der Waals surface area contributed by atoms with Crippen LogP contribution in [0, 0.1) is 16.9 Å². The maximum Gasteiger partial charge on any atom is 0.415 e. The normalized spacial score (nSPS) is 18.0. The first-order valence-electron chi connectivity index (χ1n) is 16.1. The van der Waals surface area contributed by atoms with E-state index in [-0.39, 0.29) is 52.1 Å². The van der Waals surface area contributed by atoms with Crippen LogP contribution < -0.4 is 19.1 Å². The lowest BCUT2D eigenvalue weighted by Crippen LogP contribution is -2.53. The van der Waals surface area contributed by atoms with Crippen LogP contribution in [0.1, 0.15) is 45.3 Å². The van der Waals surface area contributed by atoms with Crippen molar-refractivity contribution >= 4 is 58.8 Å². The minimum Gasteiger partial charge on any atom is -0.619 e. The number of carboxylic acid groups (broad SMARTS) is 1. The van der Waals surface area contributed by atoms with Crippen molar-refractivity contribution < 1.29 is 47.6 Å². The van der Waals surface area contributed by atoms with Crippen molar-refractivity contribution in [3.63, 3.8) is 0 Å². The summed E-state index contributed by atoms with van der Waals surface area (Å²) in [6.07, 6.45) is 2.49. The van der Waals surface area contributed by atoms with E-state index < -0.39 is 24.0 Å². The number of anilines is 1. The lowest BCUT2D eigenvalue weighted by atomic mass is 9.86. The predicted molar refractivity (Wildman–Crippen MR) is 192 cm³/mol. The SMILES string of the molecule is COc1ccc([C@H](Cc2c(Cl)c[n+]([O-])cc2Cl)OC(=O)c2cc(CN(C(=O)O[C@H]3CN4CCC3CC4)c3ccccc3F)cs2)cc1OC.O=CO. The third kappa shape index (κ3) is 9.23. The lowest BCUT2D eigenvalue weighted by Gasteiger charge is -2.44. The molecule has 2 aromatic carbocycles. The fourth-order valence-electron chi connectivity index (χ4n) is 6.28. The number of rotatable bonds is 11. The van der Waals surface area contributed by atoms with E-state index in [0.29, 0.717) is 39.5 Å². The maximum atomic E-state index is 15.0. The number of methoxy groups -OCH3 is 2. The van der Waals surface area contributed by atoms with Gasteiger partial charge in [0.15, 0.2) is 23.9 Å². The highest BCUT2D eigenvalue weighted by molar-refractivity contribution is 7.12. The summed E-state index contributed by atoms with van der Waals surface area (Å²) in [7, 11) is 3.00. The maximum absolute atomic E-state index is 15.0. The fourth-order valence-corrected chi connectivity index (χ4v) is 7.67. The van der Waals surface area contributed by atoms with E-state index >= 15 is 4.39 Å². The number of carbonyl (C=O) groups excluding carboxylic acids is 2. The first-order chi connectivity index (χ1) is 25.0. The Labute approximate surface area is 313 Å². The molecule has 3 aliphatic rings. The molecule has 2 atom stereocenters. The zero-order valence-corrected chi connectivity index (χ0v) is 30.5. The molecule has 7 rings (SSSR count). The molecule has 0 spiro atoms. The van der Waals surface area contributed by atoms with Gasteiger partial charge in [0.05, 0.1) is 26.5 Å². The van der Waals surface area contributed by atoms with Gasteiger partial charge in [-0.25, -0.2) is 14.0 Å². The number of esters is 1. The molecule has 0 saturated carbocycles. The van der Waals surface area contributed by atoms with Gasteiger partial charge in [-0.1, -0.05) is 41.4 Å². The molecule has 3 saturated heterocycles. The van der Waals surface area contributed by atoms with Gasteiger partial charge >= 0.3 is 12.1 Å². The quantitative estimate of drug-likeness (QED) is 0.0739. The zero-order valence-electron chi connectivity index (χ0n) is 28.2. The molecule has 16 heteroatoms. The molecular weight excluding hydrogens is 740 g/mol. The van der Waals surface area contributed by atoms with Gasteiger partial charge in [0, 0.05) is 18.5 Å². The number of ether oxygens (including phenoxy) is 4. The summed E-state index contributed by atoms with van der Waals surface area (Å²) in [5.74, 6) is -0.0410. The van der Waals surface area contributed by atoms with Crippen molar-refractivity contribution in [2.75, 3.05) is 38.8 Å². The molecule has 12 nitrogen and oxygen atoms in total. The Morgan fingerprint density at radius 2 is 1.77 bits per heavy atom. The van der Waals surface area contributed by atoms with E-state index in [2.05, 4.69) is 4.90 Å². The van der Waals surface area contributed by atoms with Crippen LogP contribution in [0.25, 0.3) is 0 Å². The minimum absolute atomic E-state index is 0.0336. The predicted octanol–water partition coefficient (Wildman–Crippen LogP) is 6.92. The summed E-state index contributed by atoms with van der Waals surface area (Å²) in [5.41, 5.74) is 1.64. The van der Waals surface area contributed by atoms with Gasteiger partial charge < -0.3 is 29.3 Å². The third-order valence-electron chi connectivity index (χ3n) is 8.88. The van der Waals surface area contributed by atoms with Crippen molar-refractivity contribution in [2.24, 2.45) is 5.92 Å². The van der Waals surface area contributed by atoms with Crippen molar-refractivity contribution in [1.29, 1.82) is 0 Å². The van der Waals surface area contributed by atoms with Crippen LogP contribution in [0.2, 0.25) is 10.0 Å². The Morgan fingerprint density at radius 3 is 2.38 bits per heavy atom. The van der Waals surface area contributed by atoms with E-state index in [9.17, 15) is 14.8 Å². The van der Waals surface area contributed by atoms with Crippen LogP contribution in [0.5, 0.6) is 11.5 Å². The molecule has 276 valence electrons. The number of aromatic nitrogens is 1. The second-order valence-corrected chi connectivity index (χ2v) is 13.8. The van der Waals surface area contributed by atoms with Gasteiger partial charge in [-0.05, 0) is 78.7 Å². The van der Waals surface area contributed by atoms with Crippen LogP contribution in [0.15, 0.2) is 66.3 Å². The largest absolute Gasteiger partial charge is 0.619 e. The Hall–Kier alpha value is -4.63. The van der Waals surface area contributed by atoms with Crippen molar-refractivity contribution in [1.82, 2.24) is 4.90 Å². The number of nitrogens with zero attached hydrogens (tertiary/aromatic N) is 3. The van der Waals surface area contributed by atoms with Crippen LogP contribution in [0.4, 0.5) is 14.9 Å². The molecule has 2 bridgehead atoms. The van der Waals surface area contributed by atoms with Crippen LogP contribution >= 0.6 is 34.5 Å². The molecule has 2 aromatic heterocycles. The molecule has 3 aliphatic heterocycles. The molecule has 4 aromatic rings. The summed E-state index contributed by atoms with van der Waals surface area (Å²) in [5, 5.41) is 20.7. The summed E-state index contributed by atoms with van der Waals surface area (Å²) in [4.78, 5) is 39.4. The topological polar surface area (TPSA) is 142 Å². The molecule has 3 fully saturated rings. The average Bonchev–Trinajstić information content (AvgIpc) is 3.61. The second-order valence-electron chi connectivity index (χ2n) is 12.0. The van der Waals surface area contributed by atoms with Crippen LogP contribution in [0.3, 0.4) is 0 Å². The fraction of sp³-hybridized carbons (Fsp3) is 0.333. The first kappa shape index (κ1) is 38.6. The second kappa shape index (κ2) is 17.7. The molecule has 1 amide bonds. The van der Waals surface area contributed by atoms with Gasteiger partial charge in [0.2, 0.25) is 0 Å². The average molecular weight is 777 g/mol. The standard InChI is InChI=1S/C35H34Cl2FN3O7S.CH2O2/c1-45-29-8-7-23(14-31(29)46-2)30(15-24-25(36)17-40(44)18-26(24)37)47-34(42)33-13-21(20-49-33)16-41(28-6-4-3-5-27(28)38)35(43)48-32-19-39-11-9-22(32)10-12-39;2-1-3/h3-8,13-14,17-18,20,22,30,32H,9-12,15-16,19H2,1-2H3;1H,(H,2,3)/t30-,32-;/m0./s1. The van der Waals surface area contributed by atoms with Crippen LogP contribution in [-0.4, -0.2) is 68.5 Å². The van der Waals surface area contributed by atoms with Crippen molar-refractivity contribution in [3.8, 4) is 11.5 Å². The van der Waals surface area contributed by atoms with Gasteiger partial charge in [-0.3, -0.25) is 14.6 Å². The van der Waals surface area contributed by atoms with E-state index in [1.165, 1.54) is 43.6 Å². The number of piperidine rings is 3. The number of halogens is 3. The van der Waals surface area contributed by atoms with Crippen molar-refractivity contribution in [2.45, 2.75) is 38.0 Å². The lowest BCUT2D eigenvalue weighted by molar-refractivity contribution is -0.605. The zero-order chi connectivity index (χ0) is 37.4. The van der Waals surface area contributed by atoms with E-state index in [4.69, 9.17) is 52.1 Å². The molecular formula is C36H36Cl2FN3O9S.